The average molecular weight is 342 g/mol. The zero-order valence-electron chi connectivity index (χ0n) is 14.4. The lowest BCUT2D eigenvalue weighted by molar-refractivity contribution is 0.102. The van der Waals surface area contributed by atoms with Crippen molar-refractivity contribution in [2.45, 2.75) is 25.9 Å². The molecule has 3 rings (SSSR count). The number of aryl methyl sites for hydroxylation is 1. The Morgan fingerprint density at radius 1 is 1.36 bits per heavy atom. The van der Waals surface area contributed by atoms with Gasteiger partial charge in [0.1, 0.15) is 23.6 Å². The highest BCUT2D eigenvalue weighted by atomic mass is 16.5. The molecule has 1 fully saturated rings. The first kappa shape index (κ1) is 17.2. The lowest BCUT2D eigenvalue weighted by Gasteiger charge is -2.12. The Kier molecular flexibility index (Phi) is 5.45. The topological polar surface area (TPSA) is 85.4 Å². The van der Waals surface area contributed by atoms with Crippen LogP contribution in [0, 0.1) is 6.92 Å². The summed E-state index contributed by atoms with van der Waals surface area (Å²) in [5.41, 5.74) is 1.92. The van der Waals surface area contributed by atoms with Crippen LogP contribution in [-0.2, 0) is 4.74 Å². The quantitative estimate of drug-likeness (QED) is 0.839. The molecule has 1 saturated heterocycles. The number of rotatable bonds is 6. The van der Waals surface area contributed by atoms with E-state index in [1.165, 1.54) is 6.33 Å². The highest BCUT2D eigenvalue weighted by Gasteiger charge is 2.16. The first-order valence-corrected chi connectivity index (χ1v) is 8.29. The lowest BCUT2D eigenvalue weighted by Crippen LogP contribution is -2.20. The van der Waals surface area contributed by atoms with E-state index in [0.29, 0.717) is 23.8 Å². The third-order valence-corrected chi connectivity index (χ3v) is 4.04. The molecule has 2 N–H and O–H groups in total. The van der Waals surface area contributed by atoms with Crippen LogP contribution in [-0.4, -0.2) is 42.2 Å². The van der Waals surface area contributed by atoms with Crippen molar-refractivity contribution in [1.29, 1.82) is 0 Å². The molecule has 1 aromatic heterocycles. The lowest BCUT2D eigenvalue weighted by atomic mass is 10.2. The van der Waals surface area contributed by atoms with E-state index in [1.807, 2.05) is 25.1 Å². The number of hydrogen-bond acceptors (Lipinski definition) is 6. The Bertz CT molecular complexity index is 745. The first-order chi connectivity index (χ1) is 12.2. The molecule has 2 heterocycles. The van der Waals surface area contributed by atoms with Gasteiger partial charge in [0.05, 0.1) is 18.9 Å². The highest BCUT2D eigenvalue weighted by molar-refractivity contribution is 6.04. The molecule has 0 aliphatic carbocycles. The van der Waals surface area contributed by atoms with Crippen LogP contribution in [0.3, 0.4) is 0 Å². The van der Waals surface area contributed by atoms with Crippen molar-refractivity contribution in [3.63, 3.8) is 0 Å². The Labute approximate surface area is 146 Å². The summed E-state index contributed by atoms with van der Waals surface area (Å²) in [6.45, 7) is 3.43. The molecule has 7 nitrogen and oxygen atoms in total. The molecular formula is C18H22N4O3. The van der Waals surface area contributed by atoms with E-state index in [1.54, 1.807) is 13.2 Å². The maximum Gasteiger partial charge on any atom is 0.274 e. The van der Waals surface area contributed by atoms with Gasteiger partial charge in [-0.3, -0.25) is 4.79 Å². The van der Waals surface area contributed by atoms with Crippen LogP contribution in [0.5, 0.6) is 5.75 Å². The van der Waals surface area contributed by atoms with Crippen molar-refractivity contribution in [1.82, 2.24) is 9.97 Å². The van der Waals surface area contributed by atoms with E-state index in [-0.39, 0.29) is 17.7 Å². The number of hydrogen-bond donors (Lipinski definition) is 2. The maximum absolute atomic E-state index is 12.5. The molecule has 7 heteroatoms. The normalized spacial score (nSPS) is 16.5. The minimum absolute atomic E-state index is 0.198. The largest absolute Gasteiger partial charge is 0.495 e. The molecule has 1 atom stereocenters. The second-order valence-corrected chi connectivity index (χ2v) is 5.96. The van der Waals surface area contributed by atoms with Crippen LogP contribution in [0.25, 0.3) is 0 Å². The van der Waals surface area contributed by atoms with Gasteiger partial charge in [0, 0.05) is 19.2 Å². The molecule has 1 aliphatic heterocycles. The summed E-state index contributed by atoms with van der Waals surface area (Å²) >= 11 is 0. The predicted octanol–water partition coefficient (Wildman–Crippen LogP) is 2.64. The molecule has 1 aliphatic rings. The maximum atomic E-state index is 12.5. The SMILES string of the molecule is COc1ccc(C)cc1NC(=O)c1cc(NCC2CCCO2)ncn1. The second kappa shape index (κ2) is 7.94. The van der Waals surface area contributed by atoms with E-state index < -0.39 is 0 Å². The number of nitrogens with zero attached hydrogens (tertiary/aromatic N) is 2. The van der Waals surface area contributed by atoms with Crippen molar-refractivity contribution < 1.29 is 14.3 Å². The van der Waals surface area contributed by atoms with Gasteiger partial charge < -0.3 is 20.1 Å². The van der Waals surface area contributed by atoms with Crippen molar-refractivity contribution in [2.24, 2.45) is 0 Å². The summed E-state index contributed by atoms with van der Waals surface area (Å²) in [6, 6.07) is 7.23. The van der Waals surface area contributed by atoms with Crippen molar-refractivity contribution >= 4 is 17.4 Å². The van der Waals surface area contributed by atoms with Crippen molar-refractivity contribution in [3.8, 4) is 5.75 Å². The van der Waals surface area contributed by atoms with E-state index >= 15 is 0 Å². The van der Waals surface area contributed by atoms with Crippen molar-refractivity contribution in [3.05, 3.63) is 41.9 Å². The van der Waals surface area contributed by atoms with Crippen LogP contribution >= 0.6 is 0 Å². The summed E-state index contributed by atoms with van der Waals surface area (Å²) in [4.78, 5) is 20.7. The average Bonchev–Trinajstić information content (AvgIpc) is 3.14. The minimum Gasteiger partial charge on any atom is -0.495 e. The molecule has 25 heavy (non-hydrogen) atoms. The molecule has 0 spiro atoms. The van der Waals surface area contributed by atoms with E-state index in [9.17, 15) is 4.79 Å². The molecule has 1 aromatic carbocycles. The van der Waals surface area contributed by atoms with Crippen LogP contribution < -0.4 is 15.4 Å². The third-order valence-electron chi connectivity index (χ3n) is 4.04. The second-order valence-electron chi connectivity index (χ2n) is 5.96. The smallest absolute Gasteiger partial charge is 0.274 e. The van der Waals surface area contributed by atoms with Gasteiger partial charge in [0.2, 0.25) is 0 Å². The Morgan fingerprint density at radius 3 is 3.00 bits per heavy atom. The number of nitrogens with one attached hydrogen (secondary N) is 2. The van der Waals surface area contributed by atoms with Gasteiger partial charge in [-0.25, -0.2) is 9.97 Å². The monoisotopic (exact) mass is 342 g/mol. The Hall–Kier alpha value is -2.67. The van der Waals surface area contributed by atoms with E-state index in [2.05, 4.69) is 20.6 Å². The predicted molar refractivity (Wildman–Crippen MR) is 95.2 cm³/mol. The van der Waals surface area contributed by atoms with Crippen LogP contribution in [0.2, 0.25) is 0 Å². The fraction of sp³-hybridized carbons (Fsp3) is 0.389. The molecule has 2 aromatic rings. The first-order valence-electron chi connectivity index (χ1n) is 8.29. The van der Waals surface area contributed by atoms with Gasteiger partial charge >= 0.3 is 0 Å². The molecule has 1 amide bonds. The number of methoxy groups -OCH3 is 1. The molecular weight excluding hydrogens is 320 g/mol. The molecule has 0 saturated carbocycles. The molecule has 132 valence electrons. The van der Waals surface area contributed by atoms with Gasteiger partial charge in [0.15, 0.2) is 0 Å². The number of benzene rings is 1. The van der Waals surface area contributed by atoms with Gasteiger partial charge in [-0.1, -0.05) is 6.07 Å². The summed E-state index contributed by atoms with van der Waals surface area (Å²) in [7, 11) is 1.57. The van der Waals surface area contributed by atoms with Crippen LogP contribution in [0.4, 0.5) is 11.5 Å². The number of anilines is 2. The third kappa shape index (κ3) is 4.45. The van der Waals surface area contributed by atoms with E-state index in [0.717, 1.165) is 25.0 Å². The van der Waals surface area contributed by atoms with Crippen LogP contribution in [0.1, 0.15) is 28.9 Å². The van der Waals surface area contributed by atoms with Gasteiger partial charge in [-0.15, -0.1) is 0 Å². The zero-order chi connectivity index (χ0) is 17.6. The van der Waals surface area contributed by atoms with Gasteiger partial charge in [-0.05, 0) is 37.5 Å². The highest BCUT2D eigenvalue weighted by Crippen LogP contribution is 2.25. The van der Waals surface area contributed by atoms with Crippen LogP contribution in [0.15, 0.2) is 30.6 Å². The summed E-state index contributed by atoms with van der Waals surface area (Å²) in [5.74, 6) is 0.892. The van der Waals surface area contributed by atoms with Crippen molar-refractivity contribution in [2.75, 3.05) is 30.9 Å². The molecule has 0 radical (unpaired) electrons. The molecule has 1 unspecified atom stereocenters. The number of aromatic nitrogens is 2. The fourth-order valence-electron chi connectivity index (χ4n) is 2.71. The number of ether oxygens (including phenoxy) is 2. The summed E-state index contributed by atoms with van der Waals surface area (Å²) in [6.07, 6.45) is 3.70. The number of carbonyl (C=O) groups is 1. The zero-order valence-corrected chi connectivity index (χ0v) is 14.4. The summed E-state index contributed by atoms with van der Waals surface area (Å²) in [5, 5.41) is 6.03. The standard InChI is InChI=1S/C18H22N4O3/c1-12-5-6-16(24-2)14(8-12)22-18(23)15-9-17(21-11-20-15)19-10-13-4-3-7-25-13/h5-6,8-9,11,13H,3-4,7,10H2,1-2H3,(H,22,23)(H,19,20,21). The Balaban J connectivity index is 1.67. The fourth-order valence-corrected chi connectivity index (χ4v) is 2.71. The number of carbonyl (C=O) groups excluding carboxylic acids is 1. The number of amides is 1. The van der Waals surface area contributed by atoms with Gasteiger partial charge in [0.25, 0.3) is 5.91 Å². The van der Waals surface area contributed by atoms with Gasteiger partial charge in [-0.2, -0.15) is 0 Å². The Morgan fingerprint density at radius 2 is 2.24 bits per heavy atom. The molecule has 0 bridgehead atoms. The van der Waals surface area contributed by atoms with E-state index in [4.69, 9.17) is 9.47 Å². The minimum atomic E-state index is -0.313. The summed E-state index contributed by atoms with van der Waals surface area (Å²) < 4.78 is 10.9.